The molecule has 1 aliphatic rings. The summed E-state index contributed by atoms with van der Waals surface area (Å²) in [4.78, 5) is 29.2. The Labute approximate surface area is 205 Å². The molecule has 1 fully saturated rings. The standard InChI is InChI=1S/C24H19Cl2N3O3S/c1-13-11-16(14(2)29(13)17-9-7-15(8-10-17)23(31)32-3)12-20-22(30)28-24(33-20)27-19-6-4-5-18(25)21(19)26/h4-12H,1-3H3,(H,27,28,30)/b20-12+. The number of halogens is 2. The number of carbonyl (C=O) groups excluding carboxylic acids is 2. The molecule has 0 unspecified atom stereocenters. The van der Waals surface area contributed by atoms with Gasteiger partial charge >= 0.3 is 5.97 Å². The molecule has 168 valence electrons. The Kier molecular flexibility index (Phi) is 6.65. The lowest BCUT2D eigenvalue weighted by atomic mass is 10.2. The molecular formula is C24H19Cl2N3O3S. The van der Waals surface area contributed by atoms with E-state index in [0.29, 0.717) is 31.4 Å². The van der Waals surface area contributed by atoms with Crippen LogP contribution in [0.2, 0.25) is 10.0 Å². The number of ether oxygens (including phenoxy) is 1. The zero-order valence-electron chi connectivity index (χ0n) is 18.0. The van der Waals surface area contributed by atoms with Gasteiger partial charge in [-0.1, -0.05) is 29.3 Å². The van der Waals surface area contributed by atoms with Crippen molar-refractivity contribution in [3.05, 3.63) is 86.0 Å². The Hall–Kier alpha value is -3.00. The van der Waals surface area contributed by atoms with Gasteiger partial charge in [-0.25, -0.2) is 9.79 Å². The molecule has 0 spiro atoms. The average Bonchev–Trinajstić information content (AvgIpc) is 3.28. The molecule has 33 heavy (non-hydrogen) atoms. The van der Waals surface area contributed by atoms with Gasteiger partial charge in [-0.2, -0.15) is 0 Å². The molecule has 1 aromatic heterocycles. The van der Waals surface area contributed by atoms with E-state index in [2.05, 4.69) is 14.9 Å². The largest absolute Gasteiger partial charge is 0.465 e. The van der Waals surface area contributed by atoms with Crippen molar-refractivity contribution in [2.75, 3.05) is 7.11 Å². The van der Waals surface area contributed by atoms with Crippen LogP contribution in [0.1, 0.15) is 27.3 Å². The maximum Gasteiger partial charge on any atom is 0.337 e. The summed E-state index contributed by atoms with van der Waals surface area (Å²) in [5, 5.41) is 3.93. The van der Waals surface area contributed by atoms with Crippen molar-refractivity contribution in [1.82, 2.24) is 9.88 Å². The summed E-state index contributed by atoms with van der Waals surface area (Å²) in [5.41, 5.74) is 4.74. The number of hydrogen-bond acceptors (Lipinski definition) is 5. The van der Waals surface area contributed by atoms with Gasteiger partial charge in [0.05, 0.1) is 33.3 Å². The number of nitrogens with zero attached hydrogens (tertiary/aromatic N) is 2. The van der Waals surface area contributed by atoms with Gasteiger partial charge in [0, 0.05) is 17.1 Å². The van der Waals surface area contributed by atoms with Crippen LogP contribution in [0.4, 0.5) is 5.69 Å². The summed E-state index contributed by atoms with van der Waals surface area (Å²) >= 11 is 13.5. The van der Waals surface area contributed by atoms with Crippen LogP contribution >= 0.6 is 35.0 Å². The van der Waals surface area contributed by atoms with Crippen LogP contribution in [0, 0.1) is 13.8 Å². The van der Waals surface area contributed by atoms with Crippen LogP contribution in [0.5, 0.6) is 0 Å². The number of amidine groups is 1. The molecule has 6 nitrogen and oxygen atoms in total. The minimum absolute atomic E-state index is 0.232. The summed E-state index contributed by atoms with van der Waals surface area (Å²) in [7, 11) is 1.35. The first kappa shape index (κ1) is 23.2. The van der Waals surface area contributed by atoms with E-state index >= 15 is 0 Å². The molecule has 0 atom stereocenters. The first-order valence-electron chi connectivity index (χ1n) is 9.89. The van der Waals surface area contributed by atoms with E-state index in [1.54, 1.807) is 30.3 Å². The van der Waals surface area contributed by atoms with Crippen LogP contribution < -0.4 is 5.32 Å². The first-order valence-corrected chi connectivity index (χ1v) is 11.5. The van der Waals surface area contributed by atoms with Crippen molar-refractivity contribution in [3.8, 4) is 5.69 Å². The van der Waals surface area contributed by atoms with Gasteiger partial charge in [0.2, 0.25) is 0 Å². The summed E-state index contributed by atoms with van der Waals surface area (Å²) < 4.78 is 6.82. The molecule has 0 radical (unpaired) electrons. The predicted octanol–water partition coefficient (Wildman–Crippen LogP) is 6.08. The fourth-order valence-electron chi connectivity index (χ4n) is 3.51. The minimum atomic E-state index is -0.381. The van der Waals surface area contributed by atoms with Crippen molar-refractivity contribution in [3.63, 3.8) is 0 Å². The summed E-state index contributed by atoms with van der Waals surface area (Å²) in [6.07, 6.45) is 1.84. The van der Waals surface area contributed by atoms with E-state index in [1.165, 1.54) is 18.9 Å². The Balaban J connectivity index is 1.62. The first-order chi connectivity index (χ1) is 15.8. The van der Waals surface area contributed by atoms with Gasteiger partial charge in [0.25, 0.3) is 5.91 Å². The van der Waals surface area contributed by atoms with E-state index in [-0.39, 0.29) is 11.9 Å². The summed E-state index contributed by atoms with van der Waals surface area (Å²) in [6.45, 7) is 3.96. The molecule has 1 amide bonds. The SMILES string of the molecule is COC(=O)c1ccc(-n2c(C)cc(/C=C3/SC(=Nc4cccc(Cl)c4Cl)NC3=O)c2C)cc1. The lowest BCUT2D eigenvalue weighted by Crippen LogP contribution is -2.19. The third-order valence-electron chi connectivity index (χ3n) is 5.11. The highest BCUT2D eigenvalue weighted by Crippen LogP contribution is 2.35. The number of carbonyl (C=O) groups is 2. The second-order valence-corrected chi connectivity index (χ2v) is 9.07. The molecular weight excluding hydrogens is 481 g/mol. The second kappa shape index (κ2) is 9.47. The lowest BCUT2D eigenvalue weighted by molar-refractivity contribution is -0.115. The molecule has 1 aliphatic heterocycles. The molecule has 9 heteroatoms. The van der Waals surface area contributed by atoms with E-state index in [9.17, 15) is 9.59 Å². The topological polar surface area (TPSA) is 72.7 Å². The maximum absolute atomic E-state index is 12.5. The van der Waals surface area contributed by atoms with Crippen LogP contribution in [-0.4, -0.2) is 28.7 Å². The third-order valence-corrected chi connectivity index (χ3v) is 6.83. The van der Waals surface area contributed by atoms with Crippen molar-refractivity contribution >= 4 is 63.8 Å². The molecule has 0 aliphatic carbocycles. The zero-order valence-corrected chi connectivity index (χ0v) is 20.3. The minimum Gasteiger partial charge on any atom is -0.465 e. The molecule has 4 rings (SSSR count). The van der Waals surface area contributed by atoms with Crippen LogP contribution in [-0.2, 0) is 9.53 Å². The van der Waals surface area contributed by atoms with Crippen molar-refractivity contribution in [1.29, 1.82) is 0 Å². The number of rotatable bonds is 4. The monoisotopic (exact) mass is 499 g/mol. The third kappa shape index (κ3) is 4.71. The highest BCUT2D eigenvalue weighted by Gasteiger charge is 2.25. The number of methoxy groups -OCH3 is 1. The number of hydrogen-bond donors (Lipinski definition) is 1. The number of aromatic nitrogens is 1. The van der Waals surface area contributed by atoms with Crippen molar-refractivity contribution < 1.29 is 14.3 Å². The van der Waals surface area contributed by atoms with Crippen LogP contribution in [0.25, 0.3) is 11.8 Å². The fourth-order valence-corrected chi connectivity index (χ4v) is 4.67. The summed E-state index contributed by atoms with van der Waals surface area (Å²) in [6, 6.07) is 14.3. The van der Waals surface area contributed by atoms with Gasteiger partial charge in [-0.3, -0.25) is 4.79 Å². The van der Waals surface area contributed by atoms with E-state index in [0.717, 1.165) is 22.6 Å². The smallest absolute Gasteiger partial charge is 0.337 e. The second-order valence-electron chi connectivity index (χ2n) is 7.26. The van der Waals surface area contributed by atoms with Gasteiger partial charge in [0.1, 0.15) is 0 Å². The maximum atomic E-state index is 12.5. The van der Waals surface area contributed by atoms with Gasteiger partial charge in [0.15, 0.2) is 5.17 Å². The van der Waals surface area contributed by atoms with Crippen LogP contribution in [0.3, 0.4) is 0 Å². The Bertz CT molecular complexity index is 1330. The van der Waals surface area contributed by atoms with E-state index < -0.39 is 0 Å². The van der Waals surface area contributed by atoms with E-state index in [4.69, 9.17) is 27.9 Å². The normalized spacial score (nSPS) is 15.8. The van der Waals surface area contributed by atoms with Gasteiger partial charge in [-0.15, -0.1) is 0 Å². The molecule has 0 bridgehead atoms. The average molecular weight is 500 g/mol. The van der Waals surface area contributed by atoms with Crippen LogP contribution in [0.15, 0.2) is 58.4 Å². The Morgan fingerprint density at radius 3 is 2.58 bits per heavy atom. The molecule has 3 aromatic rings. The molecule has 2 heterocycles. The molecule has 0 saturated carbocycles. The highest BCUT2D eigenvalue weighted by atomic mass is 35.5. The number of aryl methyl sites for hydroxylation is 1. The number of benzene rings is 2. The molecule has 1 saturated heterocycles. The van der Waals surface area contributed by atoms with Crippen molar-refractivity contribution in [2.24, 2.45) is 4.99 Å². The number of thioether (sulfide) groups is 1. The number of esters is 1. The van der Waals surface area contributed by atoms with Gasteiger partial charge in [-0.05, 0) is 79.7 Å². The quantitative estimate of drug-likeness (QED) is 0.348. The predicted molar refractivity (Wildman–Crippen MR) is 134 cm³/mol. The molecule has 1 N–H and O–H groups in total. The number of amides is 1. The van der Waals surface area contributed by atoms with Gasteiger partial charge < -0.3 is 14.6 Å². The Morgan fingerprint density at radius 2 is 1.88 bits per heavy atom. The lowest BCUT2D eigenvalue weighted by Gasteiger charge is -2.10. The fraction of sp³-hybridized carbons (Fsp3) is 0.125. The highest BCUT2D eigenvalue weighted by molar-refractivity contribution is 8.18. The van der Waals surface area contributed by atoms with E-state index in [1.807, 2.05) is 38.1 Å². The Morgan fingerprint density at radius 1 is 1.15 bits per heavy atom. The zero-order chi connectivity index (χ0) is 23.7. The summed E-state index contributed by atoms with van der Waals surface area (Å²) in [5.74, 6) is -0.613. The van der Waals surface area contributed by atoms with Crippen molar-refractivity contribution in [2.45, 2.75) is 13.8 Å². The number of nitrogens with one attached hydrogen (secondary N) is 1. The molecule has 2 aromatic carbocycles. The number of aliphatic imine (C=N–C) groups is 1.